The maximum Gasteiger partial charge on any atom is 0.251 e. The minimum Gasteiger partial charge on any atom is -0.346 e. The molecule has 3 aromatic carbocycles. The van der Waals surface area contributed by atoms with Gasteiger partial charge in [-0.2, -0.15) is 0 Å². The lowest BCUT2D eigenvalue weighted by Gasteiger charge is -2.24. The van der Waals surface area contributed by atoms with Crippen LogP contribution in [0.15, 0.2) is 54.6 Å². The van der Waals surface area contributed by atoms with Crippen molar-refractivity contribution in [3.8, 4) is 0 Å². The molecule has 1 amide bonds. The van der Waals surface area contributed by atoms with Crippen LogP contribution in [0.4, 0.5) is 5.69 Å². The molecule has 3 rings (SSSR count). The fourth-order valence-electron chi connectivity index (χ4n) is 3.80. The second kappa shape index (κ2) is 10.4. The molecule has 0 radical (unpaired) electrons. The SMILES string of the molecule is Cc1cc(C)c(C(C)NC(=O)c2ccc(CN(c3cccc(Cl)c3Cl)S(C)(=O)=O)cc2)cc1C. The van der Waals surface area contributed by atoms with Crippen LogP contribution >= 0.6 is 23.2 Å². The molecule has 0 heterocycles. The van der Waals surface area contributed by atoms with Crippen LogP contribution in [0, 0.1) is 20.8 Å². The van der Waals surface area contributed by atoms with Crippen LogP contribution in [0.25, 0.3) is 0 Å². The molecule has 1 N–H and O–H groups in total. The summed E-state index contributed by atoms with van der Waals surface area (Å²) < 4.78 is 26.1. The van der Waals surface area contributed by atoms with Gasteiger partial charge in [-0.1, -0.05) is 53.5 Å². The molecule has 0 fully saturated rings. The third-order valence-electron chi connectivity index (χ3n) is 5.84. The Kier molecular flexibility index (Phi) is 7.96. The molecule has 0 aromatic heterocycles. The second-order valence-electron chi connectivity index (χ2n) is 8.53. The number of rotatable bonds is 7. The largest absolute Gasteiger partial charge is 0.346 e. The number of hydrogen-bond donors (Lipinski definition) is 1. The number of aryl methyl sites for hydroxylation is 3. The van der Waals surface area contributed by atoms with Gasteiger partial charge in [0.05, 0.1) is 34.6 Å². The van der Waals surface area contributed by atoms with Gasteiger partial charge in [0.15, 0.2) is 0 Å². The van der Waals surface area contributed by atoms with Gasteiger partial charge in [0, 0.05) is 5.56 Å². The molecule has 0 aliphatic rings. The molecule has 1 atom stereocenters. The molecule has 8 heteroatoms. The zero-order valence-electron chi connectivity index (χ0n) is 19.8. The van der Waals surface area contributed by atoms with E-state index in [4.69, 9.17) is 23.2 Å². The number of nitrogens with zero attached hydrogens (tertiary/aromatic N) is 1. The van der Waals surface area contributed by atoms with Crippen molar-refractivity contribution in [3.05, 3.63) is 98.0 Å². The molecule has 0 bridgehead atoms. The summed E-state index contributed by atoms with van der Waals surface area (Å²) in [5.74, 6) is -0.200. The minimum absolute atomic E-state index is 0.0546. The summed E-state index contributed by atoms with van der Waals surface area (Å²) >= 11 is 12.3. The first kappa shape index (κ1) is 26.1. The minimum atomic E-state index is -3.63. The fourth-order valence-corrected chi connectivity index (χ4v) is 5.14. The number of hydrogen-bond acceptors (Lipinski definition) is 3. The predicted octanol–water partition coefficient (Wildman–Crippen LogP) is 6.38. The lowest BCUT2D eigenvalue weighted by atomic mass is 9.96. The number of carbonyl (C=O) groups excluding carboxylic acids is 1. The molecular formula is C26H28Cl2N2O3S. The van der Waals surface area contributed by atoms with Crippen molar-refractivity contribution in [2.75, 3.05) is 10.6 Å². The van der Waals surface area contributed by atoms with Crippen LogP contribution in [-0.4, -0.2) is 20.6 Å². The van der Waals surface area contributed by atoms with Gasteiger partial charge < -0.3 is 5.32 Å². The number of carbonyl (C=O) groups is 1. The molecule has 0 saturated heterocycles. The average molecular weight is 519 g/mol. The Morgan fingerprint density at radius 1 is 0.971 bits per heavy atom. The van der Waals surface area contributed by atoms with Crippen LogP contribution in [0.3, 0.4) is 0 Å². The van der Waals surface area contributed by atoms with Crippen molar-refractivity contribution in [1.82, 2.24) is 5.32 Å². The van der Waals surface area contributed by atoms with E-state index in [2.05, 4.69) is 31.3 Å². The number of nitrogens with one attached hydrogen (secondary N) is 1. The molecule has 0 spiro atoms. The average Bonchev–Trinajstić information content (AvgIpc) is 2.76. The first-order valence-electron chi connectivity index (χ1n) is 10.8. The molecule has 0 aliphatic carbocycles. The van der Waals surface area contributed by atoms with Crippen LogP contribution in [0.1, 0.15) is 51.1 Å². The first-order chi connectivity index (χ1) is 15.9. The van der Waals surface area contributed by atoms with Crippen LogP contribution in [0.5, 0.6) is 0 Å². The van der Waals surface area contributed by atoms with E-state index < -0.39 is 10.0 Å². The maximum atomic E-state index is 12.8. The van der Waals surface area contributed by atoms with E-state index in [1.165, 1.54) is 15.4 Å². The summed E-state index contributed by atoms with van der Waals surface area (Å²) in [6.07, 6.45) is 1.11. The first-order valence-corrected chi connectivity index (χ1v) is 13.4. The summed E-state index contributed by atoms with van der Waals surface area (Å²) in [5.41, 5.74) is 6.11. The lowest BCUT2D eigenvalue weighted by Crippen LogP contribution is -2.30. The summed E-state index contributed by atoms with van der Waals surface area (Å²) in [7, 11) is -3.63. The van der Waals surface area contributed by atoms with Gasteiger partial charge in [-0.15, -0.1) is 0 Å². The third kappa shape index (κ3) is 5.93. The second-order valence-corrected chi connectivity index (χ2v) is 11.2. The van der Waals surface area contributed by atoms with Crippen LogP contribution in [0.2, 0.25) is 10.0 Å². The topological polar surface area (TPSA) is 66.5 Å². The quantitative estimate of drug-likeness (QED) is 0.394. The van der Waals surface area contributed by atoms with Crippen molar-refractivity contribution in [2.45, 2.75) is 40.3 Å². The van der Waals surface area contributed by atoms with Gasteiger partial charge in [-0.05, 0) is 79.8 Å². The van der Waals surface area contributed by atoms with Crippen LogP contribution < -0.4 is 9.62 Å². The summed E-state index contributed by atoms with van der Waals surface area (Å²) in [4.78, 5) is 12.8. The number of sulfonamides is 1. The Morgan fingerprint density at radius 3 is 2.21 bits per heavy atom. The standard InChI is InChI=1S/C26H28Cl2N2O3S/c1-16-13-18(3)22(14-17(16)2)19(4)29-26(31)21-11-9-20(10-12-21)15-30(34(5,32)33)24-8-6-7-23(27)25(24)28/h6-14,19H,15H2,1-5H3,(H,29,31). The van der Waals surface area contributed by atoms with Gasteiger partial charge in [0.1, 0.15) is 0 Å². The Bertz CT molecular complexity index is 1320. The van der Waals surface area contributed by atoms with Crippen LogP contribution in [-0.2, 0) is 16.6 Å². The van der Waals surface area contributed by atoms with E-state index in [1.807, 2.05) is 13.8 Å². The van der Waals surface area contributed by atoms with Gasteiger partial charge in [-0.25, -0.2) is 8.42 Å². The molecule has 0 aliphatic heterocycles. The smallest absolute Gasteiger partial charge is 0.251 e. The van der Waals surface area contributed by atoms with Gasteiger partial charge in [-0.3, -0.25) is 9.10 Å². The monoisotopic (exact) mass is 518 g/mol. The Hall–Kier alpha value is -2.54. The molecule has 0 saturated carbocycles. The highest BCUT2D eigenvalue weighted by atomic mass is 35.5. The normalized spacial score (nSPS) is 12.3. The highest BCUT2D eigenvalue weighted by molar-refractivity contribution is 7.92. The molecule has 1 unspecified atom stereocenters. The highest BCUT2D eigenvalue weighted by Gasteiger charge is 2.22. The molecule has 3 aromatic rings. The maximum absolute atomic E-state index is 12.8. The summed E-state index contributed by atoms with van der Waals surface area (Å²) in [6, 6.07) is 15.8. The number of benzene rings is 3. The third-order valence-corrected chi connectivity index (χ3v) is 7.77. The summed E-state index contributed by atoms with van der Waals surface area (Å²) in [5, 5.41) is 3.49. The lowest BCUT2D eigenvalue weighted by molar-refractivity contribution is 0.0940. The van der Waals surface area contributed by atoms with E-state index in [0.717, 1.165) is 17.4 Å². The van der Waals surface area contributed by atoms with Crippen molar-refractivity contribution in [2.24, 2.45) is 0 Å². The Morgan fingerprint density at radius 2 is 1.59 bits per heavy atom. The van der Waals surface area contributed by atoms with E-state index in [9.17, 15) is 13.2 Å². The zero-order valence-corrected chi connectivity index (χ0v) is 22.1. The fraction of sp³-hybridized carbons (Fsp3) is 0.269. The van der Waals surface area contributed by atoms with Crippen molar-refractivity contribution in [1.29, 1.82) is 0 Å². The van der Waals surface area contributed by atoms with E-state index in [-0.39, 0.29) is 28.5 Å². The van der Waals surface area contributed by atoms with Gasteiger partial charge >= 0.3 is 0 Å². The molecular weight excluding hydrogens is 491 g/mol. The number of anilines is 1. The van der Waals surface area contributed by atoms with Crippen molar-refractivity contribution in [3.63, 3.8) is 0 Å². The van der Waals surface area contributed by atoms with E-state index in [1.54, 1.807) is 42.5 Å². The van der Waals surface area contributed by atoms with E-state index >= 15 is 0 Å². The molecule has 34 heavy (non-hydrogen) atoms. The zero-order chi connectivity index (χ0) is 25.2. The van der Waals surface area contributed by atoms with Gasteiger partial charge in [0.25, 0.3) is 5.91 Å². The summed E-state index contributed by atoms with van der Waals surface area (Å²) in [6.45, 7) is 8.18. The van der Waals surface area contributed by atoms with E-state index in [0.29, 0.717) is 16.8 Å². The van der Waals surface area contributed by atoms with Crippen molar-refractivity contribution < 1.29 is 13.2 Å². The molecule has 180 valence electrons. The number of halogens is 2. The predicted molar refractivity (Wildman–Crippen MR) is 140 cm³/mol. The highest BCUT2D eigenvalue weighted by Crippen LogP contribution is 2.34. The van der Waals surface area contributed by atoms with Gasteiger partial charge in [0.2, 0.25) is 10.0 Å². The Balaban J connectivity index is 1.78. The Labute approximate surface area is 211 Å². The number of amides is 1. The van der Waals surface area contributed by atoms with Crippen molar-refractivity contribution >= 4 is 44.8 Å². The molecule has 5 nitrogen and oxygen atoms in total.